The number of rotatable bonds is 0. The lowest BCUT2D eigenvalue weighted by Crippen LogP contribution is -2.03. The summed E-state index contributed by atoms with van der Waals surface area (Å²) in [6.07, 6.45) is -3.69. The number of alkyl halides is 3. The van der Waals surface area contributed by atoms with Crippen molar-refractivity contribution < 1.29 is 13.2 Å². The van der Waals surface area contributed by atoms with E-state index in [4.69, 9.17) is 11.6 Å². The Bertz CT molecular complexity index is 269. The maximum Gasteiger partial charge on any atom is 0.420 e. The van der Waals surface area contributed by atoms with Crippen LogP contribution in [0.2, 0.25) is 5.15 Å². The van der Waals surface area contributed by atoms with Gasteiger partial charge < -0.3 is 0 Å². The topological polar surface area (TPSA) is 17.8 Å². The summed E-state index contributed by atoms with van der Waals surface area (Å²) in [7, 11) is 0. The molecule has 2 nitrogen and oxygen atoms in total. The number of halogens is 5. The van der Waals surface area contributed by atoms with Crippen LogP contribution in [0.25, 0.3) is 0 Å². The lowest BCUT2D eigenvalue weighted by Gasteiger charge is -2.00. The lowest BCUT2D eigenvalue weighted by atomic mass is 10.4. The minimum atomic E-state index is -4.44. The van der Waals surface area contributed by atoms with Gasteiger partial charge in [-0.25, -0.2) is 3.71 Å². The van der Waals surface area contributed by atoms with E-state index in [0.29, 0.717) is 0 Å². The first-order chi connectivity index (χ1) is 4.91. The molecule has 1 aromatic heterocycles. The number of nitrogens with zero attached hydrogens (tertiary/aromatic N) is 2. The van der Waals surface area contributed by atoms with Crippen LogP contribution in [0.4, 0.5) is 13.2 Å². The van der Waals surface area contributed by atoms with Crippen molar-refractivity contribution in [3.63, 3.8) is 0 Å². The van der Waals surface area contributed by atoms with Crippen LogP contribution in [-0.4, -0.2) is 8.81 Å². The van der Waals surface area contributed by atoms with Crippen LogP contribution < -0.4 is 0 Å². The first kappa shape index (κ1) is 8.86. The quantitative estimate of drug-likeness (QED) is 0.691. The van der Waals surface area contributed by atoms with Crippen molar-refractivity contribution in [2.75, 3.05) is 0 Å². The number of hydrogen-bond acceptors (Lipinski definition) is 1. The molecule has 0 aromatic carbocycles. The van der Waals surface area contributed by atoms with Crippen LogP contribution in [0.1, 0.15) is 5.56 Å². The predicted octanol–water partition coefficient (Wildman–Crippen LogP) is 2.71. The summed E-state index contributed by atoms with van der Waals surface area (Å²) >= 11 is 7.84. The largest absolute Gasteiger partial charge is 0.420 e. The van der Waals surface area contributed by atoms with Gasteiger partial charge in [0.05, 0.1) is 22.3 Å². The van der Waals surface area contributed by atoms with E-state index < -0.39 is 16.9 Å². The second-order valence-corrected chi connectivity index (χ2v) is 2.80. The molecule has 0 saturated carbocycles. The van der Waals surface area contributed by atoms with Crippen LogP contribution in [0.3, 0.4) is 0 Å². The first-order valence-electron chi connectivity index (χ1n) is 2.40. The third-order valence-corrected chi connectivity index (χ3v) is 1.59. The van der Waals surface area contributed by atoms with Gasteiger partial charge in [0.2, 0.25) is 0 Å². The summed E-state index contributed by atoms with van der Waals surface area (Å²) in [6, 6.07) is 0. The standard InChI is InChI=1S/C4HBrClF3N2/c5-11-1-2(3(6)10-11)4(7,8)9/h1H. The molecule has 1 aromatic rings. The summed E-state index contributed by atoms with van der Waals surface area (Å²) in [5, 5.41) is 2.70. The molecule has 0 bridgehead atoms. The van der Waals surface area contributed by atoms with E-state index in [1.54, 1.807) is 0 Å². The van der Waals surface area contributed by atoms with E-state index in [1.165, 1.54) is 0 Å². The minimum Gasteiger partial charge on any atom is -0.203 e. The van der Waals surface area contributed by atoms with Gasteiger partial charge in [0.25, 0.3) is 0 Å². The van der Waals surface area contributed by atoms with Crippen molar-refractivity contribution >= 4 is 27.7 Å². The zero-order valence-corrected chi connectivity index (χ0v) is 7.20. The number of aromatic nitrogens is 2. The Morgan fingerprint density at radius 2 is 2.09 bits per heavy atom. The first-order valence-corrected chi connectivity index (χ1v) is 3.48. The average Bonchev–Trinajstić information content (AvgIpc) is 2.08. The molecule has 0 saturated heterocycles. The fourth-order valence-electron chi connectivity index (χ4n) is 0.517. The molecule has 0 unspecified atom stereocenters. The van der Waals surface area contributed by atoms with Crippen molar-refractivity contribution in [2.45, 2.75) is 6.18 Å². The zero-order chi connectivity index (χ0) is 8.65. The van der Waals surface area contributed by atoms with Gasteiger partial charge in [-0.2, -0.15) is 13.2 Å². The molecule has 0 aliphatic carbocycles. The van der Waals surface area contributed by atoms with Gasteiger partial charge >= 0.3 is 6.18 Å². The van der Waals surface area contributed by atoms with E-state index in [0.717, 1.165) is 9.90 Å². The molecule has 0 amide bonds. The van der Waals surface area contributed by atoms with Crippen molar-refractivity contribution in [3.8, 4) is 0 Å². The molecule has 0 radical (unpaired) electrons. The number of hydrogen-bond donors (Lipinski definition) is 0. The van der Waals surface area contributed by atoms with Crippen LogP contribution in [0.15, 0.2) is 6.20 Å². The fraction of sp³-hybridized carbons (Fsp3) is 0.250. The van der Waals surface area contributed by atoms with E-state index in [-0.39, 0.29) is 0 Å². The van der Waals surface area contributed by atoms with Crippen LogP contribution >= 0.6 is 27.7 Å². The molecular weight excluding hydrogens is 248 g/mol. The lowest BCUT2D eigenvalue weighted by molar-refractivity contribution is -0.137. The van der Waals surface area contributed by atoms with E-state index >= 15 is 0 Å². The Hall–Kier alpha value is -0.230. The summed E-state index contributed by atoms with van der Waals surface area (Å²) in [5.41, 5.74) is -0.948. The smallest absolute Gasteiger partial charge is 0.203 e. The molecule has 1 heterocycles. The summed E-state index contributed by atoms with van der Waals surface area (Å²) in [4.78, 5) is 0. The maximum absolute atomic E-state index is 11.9. The normalized spacial score (nSPS) is 12.1. The van der Waals surface area contributed by atoms with Gasteiger partial charge in [-0.15, -0.1) is 5.10 Å². The Labute approximate surface area is 73.3 Å². The Balaban J connectivity index is 3.13. The van der Waals surface area contributed by atoms with E-state index in [2.05, 4.69) is 21.2 Å². The van der Waals surface area contributed by atoms with Crippen molar-refractivity contribution in [1.82, 2.24) is 8.81 Å². The highest BCUT2D eigenvalue weighted by atomic mass is 79.9. The van der Waals surface area contributed by atoms with Crippen LogP contribution in [-0.2, 0) is 6.18 Å². The van der Waals surface area contributed by atoms with Crippen molar-refractivity contribution in [3.05, 3.63) is 16.9 Å². The monoisotopic (exact) mass is 248 g/mol. The fourth-order valence-corrected chi connectivity index (χ4v) is 1.21. The molecule has 0 atom stereocenters. The second kappa shape index (κ2) is 2.67. The van der Waals surface area contributed by atoms with Crippen molar-refractivity contribution in [2.24, 2.45) is 0 Å². The highest BCUT2D eigenvalue weighted by Gasteiger charge is 2.35. The molecule has 0 aliphatic rings. The zero-order valence-electron chi connectivity index (χ0n) is 4.86. The van der Waals surface area contributed by atoms with Crippen LogP contribution in [0.5, 0.6) is 0 Å². The van der Waals surface area contributed by atoms with Crippen LogP contribution in [0, 0.1) is 0 Å². The van der Waals surface area contributed by atoms with Crippen molar-refractivity contribution in [1.29, 1.82) is 0 Å². The third kappa shape index (κ3) is 1.87. The molecule has 7 heteroatoms. The Morgan fingerprint density at radius 3 is 2.27 bits per heavy atom. The summed E-state index contributed by atoms with van der Waals surface area (Å²) in [5.74, 6) is 0. The van der Waals surface area contributed by atoms with Gasteiger partial charge in [0, 0.05) is 0 Å². The average molecular weight is 249 g/mol. The molecule has 11 heavy (non-hydrogen) atoms. The van der Waals surface area contributed by atoms with Gasteiger partial charge in [-0.3, -0.25) is 0 Å². The van der Waals surface area contributed by atoms with E-state index in [9.17, 15) is 13.2 Å². The van der Waals surface area contributed by atoms with Gasteiger partial charge in [-0.05, 0) is 0 Å². The molecule has 0 fully saturated rings. The second-order valence-electron chi connectivity index (χ2n) is 1.72. The predicted molar refractivity (Wildman–Crippen MR) is 36.6 cm³/mol. The Kier molecular flexibility index (Phi) is 2.15. The highest BCUT2D eigenvalue weighted by molar-refractivity contribution is 9.08. The SMILES string of the molecule is FC(F)(F)c1cn(Br)nc1Cl. The molecule has 0 N–H and O–H groups in total. The molecule has 62 valence electrons. The molecule has 0 aliphatic heterocycles. The summed E-state index contributed by atoms with van der Waals surface area (Å²) < 4.78 is 36.5. The molecular formula is C4HBrClF3N2. The van der Waals surface area contributed by atoms with Gasteiger partial charge in [0.15, 0.2) is 5.15 Å². The Morgan fingerprint density at radius 1 is 1.55 bits per heavy atom. The molecule has 1 rings (SSSR count). The molecule has 0 spiro atoms. The maximum atomic E-state index is 11.9. The third-order valence-electron chi connectivity index (χ3n) is 0.947. The van der Waals surface area contributed by atoms with Gasteiger partial charge in [0.1, 0.15) is 5.56 Å². The summed E-state index contributed by atoms with van der Waals surface area (Å²) in [6.45, 7) is 0. The minimum absolute atomic E-state index is 0.561. The highest BCUT2D eigenvalue weighted by Crippen LogP contribution is 2.33. The van der Waals surface area contributed by atoms with Gasteiger partial charge in [-0.1, -0.05) is 11.6 Å². The van der Waals surface area contributed by atoms with E-state index in [1.807, 2.05) is 0 Å².